The predicted molar refractivity (Wildman–Crippen MR) is 61.1 cm³/mol. The molecule has 0 spiro atoms. The molecule has 1 unspecified atom stereocenters. The Bertz CT molecular complexity index is 219. The zero-order valence-electron chi connectivity index (χ0n) is 10.7. The Hall–Kier alpha value is -0.370. The van der Waals surface area contributed by atoms with Crippen LogP contribution >= 0.6 is 0 Å². The van der Waals surface area contributed by atoms with Crippen LogP contribution in [0.4, 0.5) is 0 Å². The summed E-state index contributed by atoms with van der Waals surface area (Å²) >= 11 is 0. The molecule has 0 amide bonds. The van der Waals surface area contributed by atoms with E-state index in [1.165, 1.54) is 0 Å². The number of rotatable bonds is 3. The highest BCUT2D eigenvalue weighted by Crippen LogP contribution is 2.41. The smallest absolute Gasteiger partial charge is 0.137 e. The van der Waals surface area contributed by atoms with Crippen molar-refractivity contribution in [3.05, 3.63) is 0 Å². The molecular formula is C12H25NO. The summed E-state index contributed by atoms with van der Waals surface area (Å²) in [6.45, 7) is 13.9. The number of nitrogens with two attached hydrogens (primary N) is 1. The molecule has 0 aliphatic rings. The summed E-state index contributed by atoms with van der Waals surface area (Å²) in [5.41, 5.74) is 5.32. The maximum Gasteiger partial charge on any atom is 0.137 e. The van der Waals surface area contributed by atoms with Gasteiger partial charge in [-0.3, -0.25) is 4.79 Å². The van der Waals surface area contributed by atoms with Crippen LogP contribution in [-0.4, -0.2) is 11.3 Å². The van der Waals surface area contributed by atoms with E-state index in [9.17, 15) is 4.79 Å². The molecule has 14 heavy (non-hydrogen) atoms. The molecule has 0 saturated carbocycles. The van der Waals surface area contributed by atoms with Crippen molar-refractivity contribution in [3.8, 4) is 0 Å². The van der Waals surface area contributed by atoms with Crippen molar-refractivity contribution in [3.63, 3.8) is 0 Å². The fourth-order valence-corrected chi connectivity index (χ4v) is 1.87. The van der Waals surface area contributed by atoms with Crippen LogP contribution in [0.15, 0.2) is 0 Å². The van der Waals surface area contributed by atoms with Gasteiger partial charge in [0.1, 0.15) is 5.78 Å². The van der Waals surface area contributed by atoms with Crippen LogP contribution in [0.2, 0.25) is 0 Å². The SMILES string of the molecule is CC(=O)C(C)(CC(C)(C)C)C(C)(C)N. The van der Waals surface area contributed by atoms with Gasteiger partial charge < -0.3 is 5.73 Å². The van der Waals surface area contributed by atoms with Gasteiger partial charge in [-0.15, -0.1) is 0 Å². The lowest BCUT2D eigenvalue weighted by Crippen LogP contribution is -2.54. The van der Waals surface area contributed by atoms with Gasteiger partial charge in [0.2, 0.25) is 0 Å². The molecule has 2 nitrogen and oxygen atoms in total. The minimum atomic E-state index is -0.466. The van der Waals surface area contributed by atoms with E-state index < -0.39 is 11.0 Å². The van der Waals surface area contributed by atoms with Crippen LogP contribution in [0.3, 0.4) is 0 Å². The Morgan fingerprint density at radius 1 is 1.07 bits per heavy atom. The normalized spacial score (nSPS) is 17.7. The van der Waals surface area contributed by atoms with Gasteiger partial charge in [0.25, 0.3) is 0 Å². The van der Waals surface area contributed by atoms with Crippen LogP contribution < -0.4 is 5.73 Å². The number of hydrogen-bond donors (Lipinski definition) is 1. The molecule has 0 bridgehead atoms. The molecule has 0 radical (unpaired) electrons. The van der Waals surface area contributed by atoms with Crippen LogP contribution in [0, 0.1) is 10.8 Å². The van der Waals surface area contributed by atoms with Crippen molar-refractivity contribution in [2.45, 2.75) is 60.4 Å². The maximum atomic E-state index is 11.7. The lowest BCUT2D eigenvalue weighted by molar-refractivity contribution is -0.130. The molecule has 0 saturated heterocycles. The van der Waals surface area contributed by atoms with E-state index in [0.717, 1.165) is 6.42 Å². The van der Waals surface area contributed by atoms with Crippen molar-refractivity contribution in [2.75, 3.05) is 0 Å². The van der Waals surface area contributed by atoms with Crippen molar-refractivity contribution in [1.82, 2.24) is 0 Å². The maximum absolute atomic E-state index is 11.7. The van der Waals surface area contributed by atoms with Gasteiger partial charge in [0.15, 0.2) is 0 Å². The van der Waals surface area contributed by atoms with Crippen molar-refractivity contribution >= 4 is 5.78 Å². The lowest BCUT2D eigenvalue weighted by atomic mass is 9.63. The first kappa shape index (κ1) is 13.6. The van der Waals surface area contributed by atoms with Crippen LogP contribution in [0.25, 0.3) is 0 Å². The van der Waals surface area contributed by atoms with Gasteiger partial charge in [-0.1, -0.05) is 27.7 Å². The van der Waals surface area contributed by atoms with Gasteiger partial charge in [0.05, 0.1) is 0 Å². The Morgan fingerprint density at radius 3 is 1.50 bits per heavy atom. The van der Waals surface area contributed by atoms with E-state index in [4.69, 9.17) is 5.73 Å². The second kappa shape index (κ2) is 3.65. The quantitative estimate of drug-likeness (QED) is 0.759. The highest BCUT2D eigenvalue weighted by molar-refractivity contribution is 5.83. The molecule has 2 N–H and O–H groups in total. The largest absolute Gasteiger partial charge is 0.325 e. The summed E-state index contributed by atoms with van der Waals surface area (Å²) < 4.78 is 0. The Labute approximate surface area is 88.3 Å². The molecule has 0 aliphatic carbocycles. The highest BCUT2D eigenvalue weighted by Gasteiger charge is 2.44. The summed E-state index contributed by atoms with van der Waals surface area (Å²) in [5, 5.41) is 0. The fraction of sp³-hybridized carbons (Fsp3) is 0.917. The molecule has 0 aromatic carbocycles. The molecule has 2 heteroatoms. The summed E-state index contributed by atoms with van der Waals surface area (Å²) in [6.07, 6.45) is 0.818. The Kier molecular flexibility index (Phi) is 3.55. The number of hydrogen-bond acceptors (Lipinski definition) is 2. The monoisotopic (exact) mass is 199 g/mol. The molecule has 1 atom stereocenters. The van der Waals surface area contributed by atoms with E-state index >= 15 is 0 Å². The first-order chi connectivity index (χ1) is 5.90. The molecule has 0 aromatic heterocycles. The van der Waals surface area contributed by atoms with Crippen molar-refractivity contribution in [1.29, 1.82) is 0 Å². The fourth-order valence-electron chi connectivity index (χ4n) is 1.87. The second-order valence-corrected chi connectivity index (χ2v) is 6.35. The average molecular weight is 199 g/mol. The molecule has 0 aliphatic heterocycles. The summed E-state index contributed by atoms with van der Waals surface area (Å²) in [7, 11) is 0. The van der Waals surface area contributed by atoms with E-state index in [1.54, 1.807) is 6.92 Å². The molecular weight excluding hydrogens is 174 g/mol. The van der Waals surface area contributed by atoms with Gasteiger partial charge in [0, 0.05) is 11.0 Å². The third-order valence-corrected chi connectivity index (χ3v) is 3.08. The molecule has 0 aromatic rings. The topological polar surface area (TPSA) is 43.1 Å². The zero-order valence-corrected chi connectivity index (χ0v) is 10.7. The van der Waals surface area contributed by atoms with E-state index in [2.05, 4.69) is 20.8 Å². The third-order valence-electron chi connectivity index (χ3n) is 3.08. The summed E-state index contributed by atoms with van der Waals surface area (Å²) in [4.78, 5) is 11.7. The number of ketones is 1. The van der Waals surface area contributed by atoms with Gasteiger partial charge in [-0.25, -0.2) is 0 Å². The molecule has 0 heterocycles. The van der Waals surface area contributed by atoms with Gasteiger partial charge >= 0.3 is 0 Å². The van der Waals surface area contributed by atoms with E-state index in [1.807, 2.05) is 20.8 Å². The molecule has 0 fully saturated rings. The minimum absolute atomic E-state index is 0.122. The summed E-state index contributed by atoms with van der Waals surface area (Å²) in [6, 6.07) is 0. The molecule has 0 rings (SSSR count). The van der Waals surface area contributed by atoms with Gasteiger partial charge in [-0.2, -0.15) is 0 Å². The molecule has 84 valence electrons. The third kappa shape index (κ3) is 3.09. The van der Waals surface area contributed by atoms with E-state index in [-0.39, 0.29) is 11.2 Å². The number of carbonyl (C=O) groups is 1. The average Bonchev–Trinajstić information content (AvgIpc) is 1.79. The summed E-state index contributed by atoms with van der Waals surface area (Å²) in [5.74, 6) is 0.180. The van der Waals surface area contributed by atoms with Crippen molar-refractivity contribution < 1.29 is 4.79 Å². The Balaban J connectivity index is 5.04. The van der Waals surface area contributed by atoms with Crippen LogP contribution in [0.5, 0.6) is 0 Å². The van der Waals surface area contributed by atoms with Gasteiger partial charge in [-0.05, 0) is 32.6 Å². The number of Topliss-reactive ketones (excluding diaryl/α,β-unsaturated/α-hetero) is 1. The van der Waals surface area contributed by atoms with E-state index in [0.29, 0.717) is 0 Å². The second-order valence-electron chi connectivity index (χ2n) is 6.35. The van der Waals surface area contributed by atoms with Crippen LogP contribution in [0.1, 0.15) is 54.9 Å². The first-order valence-electron chi connectivity index (χ1n) is 5.20. The predicted octanol–water partition coefficient (Wildman–Crippen LogP) is 2.76. The van der Waals surface area contributed by atoms with Crippen LogP contribution in [-0.2, 0) is 4.79 Å². The van der Waals surface area contributed by atoms with Crippen molar-refractivity contribution in [2.24, 2.45) is 16.6 Å². The lowest BCUT2D eigenvalue weighted by Gasteiger charge is -2.43. The highest BCUT2D eigenvalue weighted by atomic mass is 16.1. The Morgan fingerprint density at radius 2 is 1.43 bits per heavy atom. The minimum Gasteiger partial charge on any atom is -0.325 e. The standard InChI is InChI=1S/C12H25NO/c1-9(14)12(7,11(5,6)13)8-10(2,3)4/h8,13H2,1-7H3. The zero-order chi connectivity index (χ0) is 11.8. The number of carbonyl (C=O) groups excluding carboxylic acids is 1. The first-order valence-corrected chi connectivity index (χ1v) is 5.20.